The summed E-state index contributed by atoms with van der Waals surface area (Å²) in [5.41, 5.74) is 1.14. The van der Waals surface area contributed by atoms with Crippen LogP contribution in [-0.4, -0.2) is 37.9 Å². The third kappa shape index (κ3) is 3.98. The van der Waals surface area contributed by atoms with Crippen LogP contribution in [0.5, 0.6) is 0 Å². The topological polar surface area (TPSA) is 51.0 Å². The minimum absolute atomic E-state index is 0.120. The van der Waals surface area contributed by atoms with E-state index < -0.39 is 0 Å². The maximum Gasteiger partial charge on any atom is 0.235 e. The molecular formula is C18H24N4OS. The summed E-state index contributed by atoms with van der Waals surface area (Å²) in [6.07, 6.45) is 4.57. The molecule has 1 aromatic carbocycles. The van der Waals surface area contributed by atoms with Crippen molar-refractivity contribution in [2.45, 2.75) is 56.1 Å². The van der Waals surface area contributed by atoms with Gasteiger partial charge in [0.05, 0.1) is 5.25 Å². The summed E-state index contributed by atoms with van der Waals surface area (Å²) < 4.78 is 2.19. The monoisotopic (exact) mass is 344 g/mol. The number of nitrogens with zero attached hydrogens (tertiary/aromatic N) is 4. The Kier molecular flexibility index (Phi) is 5.56. The van der Waals surface area contributed by atoms with Gasteiger partial charge in [0.25, 0.3) is 0 Å². The van der Waals surface area contributed by atoms with Crippen LogP contribution in [0.1, 0.15) is 37.6 Å². The summed E-state index contributed by atoms with van der Waals surface area (Å²) in [4.78, 5) is 14.4. The number of carbonyl (C=O) groups excluding carboxylic acids is 1. The average molecular weight is 344 g/mol. The van der Waals surface area contributed by atoms with E-state index in [0.717, 1.165) is 35.9 Å². The average Bonchev–Trinajstić information content (AvgIpc) is 2.82. The van der Waals surface area contributed by atoms with Crippen molar-refractivity contribution in [2.75, 3.05) is 7.05 Å². The molecule has 1 amide bonds. The van der Waals surface area contributed by atoms with E-state index >= 15 is 0 Å². The first-order valence-electron chi connectivity index (χ1n) is 8.53. The Hall–Kier alpha value is -1.82. The molecule has 0 fully saturated rings. The fourth-order valence-corrected chi connectivity index (χ4v) is 4.01. The van der Waals surface area contributed by atoms with Gasteiger partial charge in [0.15, 0.2) is 5.16 Å². The van der Waals surface area contributed by atoms with Crippen molar-refractivity contribution in [3.63, 3.8) is 0 Å². The standard InChI is InChI=1S/C18H24N4OS/c1-14(17(23)21(2)13-15-9-5-3-6-10-15)24-18-20-19-16-11-7-4-8-12-22(16)18/h3,5-6,9-10,14H,4,7-8,11-13H2,1-2H3/t14-/m1/s1. The molecule has 1 aliphatic heterocycles. The second-order valence-electron chi connectivity index (χ2n) is 6.30. The van der Waals surface area contributed by atoms with Crippen LogP contribution in [0, 0.1) is 0 Å². The maximum atomic E-state index is 12.7. The second-order valence-corrected chi connectivity index (χ2v) is 7.61. The van der Waals surface area contributed by atoms with E-state index in [4.69, 9.17) is 0 Å². The zero-order valence-corrected chi connectivity index (χ0v) is 15.1. The molecule has 1 atom stereocenters. The Morgan fingerprint density at radius 3 is 2.83 bits per heavy atom. The molecule has 0 bridgehead atoms. The Balaban J connectivity index is 1.63. The van der Waals surface area contributed by atoms with Crippen LogP contribution in [-0.2, 0) is 24.3 Å². The highest BCUT2D eigenvalue weighted by atomic mass is 32.2. The van der Waals surface area contributed by atoms with Crippen molar-refractivity contribution in [2.24, 2.45) is 0 Å². The summed E-state index contributed by atoms with van der Waals surface area (Å²) in [7, 11) is 1.86. The molecule has 0 unspecified atom stereocenters. The number of rotatable bonds is 5. The van der Waals surface area contributed by atoms with Gasteiger partial charge in [-0.05, 0) is 25.3 Å². The molecule has 3 rings (SSSR count). The number of hydrogen-bond donors (Lipinski definition) is 0. The normalized spacial score (nSPS) is 15.4. The van der Waals surface area contributed by atoms with Crippen molar-refractivity contribution >= 4 is 17.7 Å². The van der Waals surface area contributed by atoms with Crippen LogP contribution in [0.3, 0.4) is 0 Å². The van der Waals surface area contributed by atoms with Gasteiger partial charge in [-0.25, -0.2) is 0 Å². The number of thioether (sulfide) groups is 1. The van der Waals surface area contributed by atoms with Crippen LogP contribution in [0.2, 0.25) is 0 Å². The van der Waals surface area contributed by atoms with Gasteiger partial charge in [0.2, 0.25) is 5.91 Å². The lowest BCUT2D eigenvalue weighted by Crippen LogP contribution is -2.33. The highest BCUT2D eigenvalue weighted by Crippen LogP contribution is 2.26. The maximum absolute atomic E-state index is 12.7. The minimum Gasteiger partial charge on any atom is -0.340 e. The first-order valence-corrected chi connectivity index (χ1v) is 9.41. The largest absolute Gasteiger partial charge is 0.340 e. The third-order valence-electron chi connectivity index (χ3n) is 4.34. The van der Waals surface area contributed by atoms with E-state index in [1.165, 1.54) is 24.6 Å². The van der Waals surface area contributed by atoms with Crippen LogP contribution >= 0.6 is 11.8 Å². The van der Waals surface area contributed by atoms with E-state index in [9.17, 15) is 4.79 Å². The first-order chi connectivity index (χ1) is 11.6. The summed E-state index contributed by atoms with van der Waals surface area (Å²) in [5, 5.41) is 9.32. The molecule has 0 aliphatic carbocycles. The molecule has 0 N–H and O–H groups in total. The molecule has 2 aromatic rings. The van der Waals surface area contributed by atoms with Crippen molar-refractivity contribution in [1.29, 1.82) is 0 Å². The smallest absolute Gasteiger partial charge is 0.235 e. The highest BCUT2D eigenvalue weighted by molar-refractivity contribution is 8.00. The highest BCUT2D eigenvalue weighted by Gasteiger charge is 2.23. The molecule has 5 nitrogen and oxygen atoms in total. The quantitative estimate of drug-likeness (QED) is 0.782. The van der Waals surface area contributed by atoms with Gasteiger partial charge in [-0.15, -0.1) is 10.2 Å². The Morgan fingerprint density at radius 2 is 2.04 bits per heavy atom. The lowest BCUT2D eigenvalue weighted by Gasteiger charge is -2.21. The zero-order valence-electron chi connectivity index (χ0n) is 14.3. The van der Waals surface area contributed by atoms with Crippen LogP contribution in [0.25, 0.3) is 0 Å². The number of aromatic nitrogens is 3. The van der Waals surface area contributed by atoms with E-state index in [2.05, 4.69) is 14.8 Å². The van der Waals surface area contributed by atoms with E-state index in [-0.39, 0.29) is 11.2 Å². The van der Waals surface area contributed by atoms with Crippen molar-refractivity contribution < 1.29 is 4.79 Å². The van der Waals surface area contributed by atoms with Gasteiger partial charge in [-0.2, -0.15) is 0 Å². The zero-order chi connectivity index (χ0) is 16.9. The number of amides is 1. The molecule has 2 heterocycles. The fourth-order valence-electron chi connectivity index (χ4n) is 3.00. The van der Waals surface area contributed by atoms with E-state index in [0.29, 0.717) is 6.54 Å². The summed E-state index contributed by atoms with van der Waals surface area (Å²) in [6.45, 7) is 3.54. The van der Waals surface area contributed by atoms with Gasteiger partial charge < -0.3 is 9.47 Å². The van der Waals surface area contributed by atoms with Crippen LogP contribution in [0.4, 0.5) is 0 Å². The van der Waals surface area contributed by atoms with E-state index in [1.54, 1.807) is 4.90 Å². The molecular weight excluding hydrogens is 320 g/mol. The Labute approximate surface area is 147 Å². The number of benzene rings is 1. The SMILES string of the molecule is C[C@@H](Sc1nnc2n1CCCCC2)C(=O)N(C)Cc1ccccc1. The van der Waals surface area contributed by atoms with Crippen molar-refractivity contribution in [3.05, 3.63) is 41.7 Å². The minimum atomic E-state index is -0.171. The molecule has 0 saturated carbocycles. The fraction of sp³-hybridized carbons (Fsp3) is 0.500. The number of aryl methyl sites for hydroxylation is 1. The van der Waals surface area contributed by atoms with Crippen LogP contribution in [0.15, 0.2) is 35.5 Å². The van der Waals surface area contributed by atoms with Crippen molar-refractivity contribution in [3.8, 4) is 0 Å². The Morgan fingerprint density at radius 1 is 1.25 bits per heavy atom. The van der Waals surface area contributed by atoms with Crippen LogP contribution < -0.4 is 0 Å². The van der Waals surface area contributed by atoms with Gasteiger partial charge in [-0.1, -0.05) is 48.5 Å². The molecule has 0 radical (unpaired) electrons. The molecule has 6 heteroatoms. The van der Waals surface area contributed by atoms with Crippen molar-refractivity contribution in [1.82, 2.24) is 19.7 Å². The lowest BCUT2D eigenvalue weighted by molar-refractivity contribution is -0.129. The molecule has 24 heavy (non-hydrogen) atoms. The molecule has 1 aliphatic rings. The van der Waals surface area contributed by atoms with E-state index in [1.807, 2.05) is 44.3 Å². The number of fused-ring (bicyclic) bond motifs is 1. The summed E-state index contributed by atoms with van der Waals surface area (Å²) >= 11 is 1.52. The van der Waals surface area contributed by atoms with Gasteiger partial charge in [-0.3, -0.25) is 4.79 Å². The number of hydrogen-bond acceptors (Lipinski definition) is 4. The van der Waals surface area contributed by atoms with Gasteiger partial charge >= 0.3 is 0 Å². The lowest BCUT2D eigenvalue weighted by atomic mass is 10.2. The first kappa shape index (κ1) is 17.0. The van der Waals surface area contributed by atoms with Gasteiger partial charge in [0.1, 0.15) is 5.82 Å². The van der Waals surface area contributed by atoms with Gasteiger partial charge in [0, 0.05) is 26.6 Å². The summed E-state index contributed by atoms with van der Waals surface area (Å²) in [6, 6.07) is 10.1. The third-order valence-corrected chi connectivity index (χ3v) is 5.41. The molecule has 1 aromatic heterocycles. The number of carbonyl (C=O) groups is 1. The summed E-state index contributed by atoms with van der Waals surface area (Å²) in [5.74, 6) is 1.18. The molecule has 0 spiro atoms. The Bertz CT molecular complexity index is 686. The molecule has 0 saturated heterocycles. The predicted octanol–water partition coefficient (Wildman–Crippen LogP) is 3.14. The second kappa shape index (κ2) is 7.83. The predicted molar refractivity (Wildman–Crippen MR) is 95.8 cm³/mol. The molecule has 128 valence electrons.